The van der Waals surface area contributed by atoms with Gasteiger partial charge in [-0.05, 0) is 30.3 Å². The predicted molar refractivity (Wildman–Crippen MR) is 103 cm³/mol. The van der Waals surface area contributed by atoms with E-state index >= 15 is 0 Å². The van der Waals surface area contributed by atoms with Crippen LogP contribution in [0.5, 0.6) is 0 Å². The largest absolute Gasteiger partial charge is 0.467 e. The zero-order chi connectivity index (χ0) is 17.4. The highest BCUT2D eigenvalue weighted by Gasteiger charge is 2.25. The maximum atomic E-state index is 13.1. The quantitative estimate of drug-likeness (QED) is 0.409. The molecule has 3 heterocycles. The number of hydrogen-bond acceptors (Lipinski definition) is 5. The fraction of sp³-hybridized carbons (Fsp3) is 0.0588. The molecule has 0 N–H and O–H groups in total. The Kier molecular flexibility index (Phi) is 4.52. The fourth-order valence-corrected chi connectivity index (χ4v) is 4.80. The average molecular weight is 409 g/mol. The Hall–Kier alpha value is -1.86. The summed E-state index contributed by atoms with van der Waals surface area (Å²) in [5.41, 5.74) is 1.21. The first-order valence-electron chi connectivity index (χ1n) is 7.26. The number of amides is 1. The Labute approximate surface area is 161 Å². The molecular formula is C17H10Cl2N2O2S2. The number of rotatable bonds is 4. The lowest BCUT2D eigenvalue weighted by molar-refractivity contribution is 0.0984. The van der Waals surface area contributed by atoms with Gasteiger partial charge in [-0.3, -0.25) is 9.69 Å². The molecule has 0 bridgehead atoms. The van der Waals surface area contributed by atoms with Gasteiger partial charge in [-0.15, -0.1) is 11.3 Å². The Morgan fingerprint density at radius 1 is 1.16 bits per heavy atom. The molecule has 4 aromatic rings. The van der Waals surface area contributed by atoms with Crippen molar-refractivity contribution in [3.63, 3.8) is 0 Å². The second-order valence-electron chi connectivity index (χ2n) is 5.17. The third kappa shape index (κ3) is 3.30. The lowest BCUT2D eigenvalue weighted by Crippen LogP contribution is -2.30. The molecule has 0 aliphatic carbocycles. The molecule has 0 spiro atoms. The molecule has 0 atom stereocenters. The van der Waals surface area contributed by atoms with E-state index in [1.165, 1.54) is 22.7 Å². The van der Waals surface area contributed by atoms with Crippen molar-refractivity contribution in [2.75, 3.05) is 4.90 Å². The highest BCUT2D eigenvalue weighted by atomic mass is 35.5. The van der Waals surface area contributed by atoms with Gasteiger partial charge >= 0.3 is 0 Å². The van der Waals surface area contributed by atoms with Crippen LogP contribution in [0.4, 0.5) is 5.13 Å². The number of carbonyl (C=O) groups is 1. The summed E-state index contributed by atoms with van der Waals surface area (Å²) >= 11 is 14.8. The molecular weight excluding hydrogens is 399 g/mol. The third-order valence-corrected chi connectivity index (χ3v) is 6.09. The first-order valence-corrected chi connectivity index (χ1v) is 9.65. The average Bonchev–Trinajstić information content (AvgIpc) is 3.31. The first-order chi connectivity index (χ1) is 12.1. The number of anilines is 1. The smallest absolute Gasteiger partial charge is 0.262 e. The topological polar surface area (TPSA) is 46.3 Å². The Morgan fingerprint density at radius 2 is 2.00 bits per heavy atom. The van der Waals surface area contributed by atoms with Gasteiger partial charge in [0.1, 0.15) is 10.1 Å². The highest BCUT2D eigenvalue weighted by Crippen LogP contribution is 2.35. The van der Waals surface area contributed by atoms with Gasteiger partial charge < -0.3 is 4.42 Å². The van der Waals surface area contributed by atoms with E-state index in [9.17, 15) is 4.79 Å². The van der Waals surface area contributed by atoms with Crippen LogP contribution in [0.15, 0.2) is 53.1 Å². The van der Waals surface area contributed by atoms with E-state index in [-0.39, 0.29) is 12.5 Å². The Morgan fingerprint density at radius 3 is 2.68 bits per heavy atom. The van der Waals surface area contributed by atoms with Crippen molar-refractivity contribution in [3.8, 4) is 0 Å². The van der Waals surface area contributed by atoms with Gasteiger partial charge in [0.2, 0.25) is 0 Å². The van der Waals surface area contributed by atoms with E-state index in [0.29, 0.717) is 25.1 Å². The van der Waals surface area contributed by atoms with Crippen LogP contribution in [0.25, 0.3) is 10.2 Å². The summed E-state index contributed by atoms with van der Waals surface area (Å²) < 4.78 is 7.24. The first kappa shape index (κ1) is 16.6. The Balaban J connectivity index is 1.78. The van der Waals surface area contributed by atoms with Crippen LogP contribution < -0.4 is 4.90 Å². The predicted octanol–water partition coefficient (Wildman–Crippen LogP) is 6.10. The van der Waals surface area contributed by atoms with Gasteiger partial charge in [0.25, 0.3) is 5.91 Å². The van der Waals surface area contributed by atoms with E-state index in [0.717, 1.165) is 10.2 Å². The second kappa shape index (κ2) is 6.80. The van der Waals surface area contributed by atoms with Crippen LogP contribution in [0.3, 0.4) is 0 Å². The molecule has 126 valence electrons. The third-order valence-electron chi connectivity index (χ3n) is 3.54. The SMILES string of the molecule is O=C(c1cc(Cl)sc1Cl)N(Cc1ccco1)c1nc2ccccc2s1. The van der Waals surface area contributed by atoms with Crippen LogP contribution in [0.2, 0.25) is 8.67 Å². The molecule has 0 radical (unpaired) electrons. The van der Waals surface area contributed by atoms with Crippen molar-refractivity contribution in [1.29, 1.82) is 0 Å². The van der Waals surface area contributed by atoms with Crippen molar-refractivity contribution in [3.05, 3.63) is 68.7 Å². The summed E-state index contributed by atoms with van der Waals surface area (Å²) in [6.07, 6.45) is 1.57. The zero-order valence-corrected chi connectivity index (χ0v) is 15.8. The molecule has 25 heavy (non-hydrogen) atoms. The summed E-state index contributed by atoms with van der Waals surface area (Å²) in [5, 5.41) is 0.584. The van der Waals surface area contributed by atoms with Crippen LogP contribution in [0.1, 0.15) is 16.1 Å². The number of nitrogens with zero attached hydrogens (tertiary/aromatic N) is 2. The molecule has 0 fully saturated rings. The zero-order valence-electron chi connectivity index (χ0n) is 12.6. The summed E-state index contributed by atoms with van der Waals surface area (Å²) in [4.78, 5) is 19.2. The Bertz CT molecular complexity index is 1010. The number of carbonyl (C=O) groups excluding carboxylic acids is 1. The van der Waals surface area contributed by atoms with Gasteiger partial charge in [-0.25, -0.2) is 4.98 Å². The number of aromatic nitrogens is 1. The molecule has 0 unspecified atom stereocenters. The van der Waals surface area contributed by atoms with Gasteiger partial charge in [0.15, 0.2) is 5.13 Å². The number of thiazole rings is 1. The number of para-hydroxylation sites is 1. The molecule has 0 saturated carbocycles. The number of benzene rings is 1. The number of furan rings is 1. The van der Waals surface area contributed by atoms with E-state index < -0.39 is 0 Å². The maximum absolute atomic E-state index is 13.1. The molecule has 1 aromatic carbocycles. The van der Waals surface area contributed by atoms with Gasteiger partial charge in [0.05, 0.1) is 32.9 Å². The second-order valence-corrected chi connectivity index (χ2v) is 8.47. The minimum absolute atomic E-state index is 0.259. The monoisotopic (exact) mass is 408 g/mol. The minimum Gasteiger partial charge on any atom is -0.467 e. The number of hydrogen-bond donors (Lipinski definition) is 0. The van der Waals surface area contributed by atoms with E-state index in [1.807, 2.05) is 30.3 Å². The highest BCUT2D eigenvalue weighted by molar-refractivity contribution is 7.22. The van der Waals surface area contributed by atoms with Crippen molar-refractivity contribution in [2.24, 2.45) is 0 Å². The standard InChI is InChI=1S/C17H10Cl2N2O2S2/c18-14-8-11(15(19)25-14)16(22)21(9-10-4-3-7-23-10)17-20-12-5-1-2-6-13(12)24-17/h1-8H,9H2. The molecule has 0 aliphatic heterocycles. The van der Waals surface area contributed by atoms with Gasteiger partial charge in [0, 0.05) is 0 Å². The van der Waals surface area contributed by atoms with Crippen molar-refractivity contribution in [1.82, 2.24) is 4.98 Å². The molecule has 0 saturated heterocycles. The molecule has 3 aromatic heterocycles. The fourth-order valence-electron chi connectivity index (χ4n) is 2.39. The van der Waals surface area contributed by atoms with Crippen LogP contribution in [-0.4, -0.2) is 10.9 Å². The number of thiophene rings is 1. The number of fused-ring (bicyclic) bond motifs is 1. The van der Waals surface area contributed by atoms with Crippen LogP contribution in [-0.2, 0) is 6.54 Å². The maximum Gasteiger partial charge on any atom is 0.262 e. The summed E-state index contributed by atoms with van der Waals surface area (Å²) in [6, 6.07) is 12.9. The van der Waals surface area contributed by atoms with Crippen molar-refractivity contribution in [2.45, 2.75) is 6.54 Å². The lowest BCUT2D eigenvalue weighted by atomic mass is 10.3. The van der Waals surface area contributed by atoms with Gasteiger partial charge in [-0.2, -0.15) is 0 Å². The van der Waals surface area contributed by atoms with Crippen LogP contribution in [0, 0.1) is 0 Å². The van der Waals surface area contributed by atoms with Crippen LogP contribution >= 0.6 is 45.9 Å². The molecule has 0 aliphatic rings. The van der Waals surface area contributed by atoms with E-state index in [1.54, 1.807) is 23.3 Å². The molecule has 1 amide bonds. The van der Waals surface area contributed by atoms with Crippen molar-refractivity contribution >= 4 is 67.1 Å². The summed E-state index contributed by atoms with van der Waals surface area (Å²) in [6.45, 7) is 0.259. The normalized spacial score (nSPS) is 11.1. The van der Waals surface area contributed by atoms with E-state index in [2.05, 4.69) is 4.98 Å². The van der Waals surface area contributed by atoms with Gasteiger partial charge in [-0.1, -0.05) is 46.7 Å². The lowest BCUT2D eigenvalue weighted by Gasteiger charge is -2.18. The minimum atomic E-state index is -0.261. The van der Waals surface area contributed by atoms with Crippen molar-refractivity contribution < 1.29 is 9.21 Å². The molecule has 8 heteroatoms. The summed E-state index contributed by atoms with van der Waals surface area (Å²) in [5.74, 6) is 0.397. The van der Waals surface area contributed by atoms with E-state index in [4.69, 9.17) is 27.6 Å². The number of halogens is 2. The summed E-state index contributed by atoms with van der Waals surface area (Å²) in [7, 11) is 0. The molecule has 4 rings (SSSR count). The molecule has 4 nitrogen and oxygen atoms in total.